The van der Waals surface area contributed by atoms with E-state index in [1.165, 1.54) is 10.4 Å². The van der Waals surface area contributed by atoms with Gasteiger partial charge in [-0.1, -0.05) is 19.9 Å². The quantitative estimate of drug-likeness (QED) is 0.867. The summed E-state index contributed by atoms with van der Waals surface area (Å²) in [6.07, 6.45) is 3.50. The van der Waals surface area contributed by atoms with Crippen molar-refractivity contribution in [3.63, 3.8) is 0 Å². The van der Waals surface area contributed by atoms with Crippen LogP contribution in [-0.4, -0.2) is 37.8 Å². The summed E-state index contributed by atoms with van der Waals surface area (Å²) in [5.41, 5.74) is 1.23. The number of benzene rings is 1. The van der Waals surface area contributed by atoms with Gasteiger partial charge in [0.15, 0.2) is 0 Å². The maximum Gasteiger partial charge on any atom is 0.251 e. The molecule has 128 valence electrons. The predicted molar refractivity (Wildman–Crippen MR) is 91.0 cm³/mol. The van der Waals surface area contributed by atoms with Crippen LogP contribution in [0.4, 0.5) is 0 Å². The molecule has 1 aromatic carbocycles. The molecule has 0 aromatic heterocycles. The van der Waals surface area contributed by atoms with Gasteiger partial charge in [-0.15, -0.1) is 0 Å². The van der Waals surface area contributed by atoms with Crippen molar-refractivity contribution < 1.29 is 13.2 Å². The Morgan fingerprint density at radius 3 is 2.39 bits per heavy atom. The molecule has 1 N–H and O–H groups in total. The van der Waals surface area contributed by atoms with Gasteiger partial charge in [-0.3, -0.25) is 4.79 Å². The molecule has 1 amide bonds. The Balaban J connectivity index is 2.30. The SMILES string of the molecule is CCC(CC)NC(=O)c1cc(S(=O)(=O)N2CCCC2)ccc1C. The van der Waals surface area contributed by atoms with E-state index in [-0.39, 0.29) is 16.8 Å². The van der Waals surface area contributed by atoms with Crippen LogP contribution in [0.1, 0.15) is 55.5 Å². The van der Waals surface area contributed by atoms with Gasteiger partial charge in [0.2, 0.25) is 10.0 Å². The van der Waals surface area contributed by atoms with Crippen LogP contribution in [-0.2, 0) is 10.0 Å². The summed E-state index contributed by atoms with van der Waals surface area (Å²) in [5.74, 6) is -0.199. The zero-order valence-corrected chi connectivity index (χ0v) is 14.9. The minimum Gasteiger partial charge on any atom is -0.349 e. The van der Waals surface area contributed by atoms with Crippen LogP contribution < -0.4 is 5.32 Å². The smallest absolute Gasteiger partial charge is 0.251 e. The van der Waals surface area contributed by atoms with E-state index >= 15 is 0 Å². The monoisotopic (exact) mass is 338 g/mol. The maximum absolute atomic E-state index is 12.6. The second-order valence-electron chi connectivity index (χ2n) is 6.07. The van der Waals surface area contributed by atoms with Crippen molar-refractivity contribution in [2.24, 2.45) is 0 Å². The van der Waals surface area contributed by atoms with Crippen molar-refractivity contribution in [1.82, 2.24) is 9.62 Å². The molecule has 2 rings (SSSR count). The molecule has 0 spiro atoms. The predicted octanol–water partition coefficient (Wildman–Crippen LogP) is 2.70. The first-order chi connectivity index (χ1) is 10.9. The number of amides is 1. The van der Waals surface area contributed by atoms with Crippen molar-refractivity contribution in [3.05, 3.63) is 29.3 Å². The fourth-order valence-electron chi connectivity index (χ4n) is 2.84. The molecule has 23 heavy (non-hydrogen) atoms. The summed E-state index contributed by atoms with van der Waals surface area (Å²) < 4.78 is 26.8. The molecule has 0 unspecified atom stereocenters. The molecular formula is C17H26N2O3S. The van der Waals surface area contributed by atoms with Crippen LogP contribution in [0.15, 0.2) is 23.1 Å². The number of carbonyl (C=O) groups excluding carboxylic acids is 1. The lowest BCUT2D eigenvalue weighted by Crippen LogP contribution is -2.34. The number of carbonyl (C=O) groups is 1. The van der Waals surface area contributed by atoms with Crippen molar-refractivity contribution in [3.8, 4) is 0 Å². The third-order valence-corrected chi connectivity index (χ3v) is 6.37. The molecule has 1 aromatic rings. The molecule has 1 fully saturated rings. The molecule has 0 saturated carbocycles. The molecular weight excluding hydrogens is 312 g/mol. The number of nitrogens with one attached hydrogen (secondary N) is 1. The standard InChI is InChI=1S/C17H26N2O3S/c1-4-14(5-2)18-17(20)16-12-15(9-8-13(16)3)23(21,22)19-10-6-7-11-19/h8-9,12,14H,4-7,10-11H2,1-3H3,(H,18,20). The van der Waals surface area contributed by atoms with Gasteiger partial charge in [0, 0.05) is 24.7 Å². The second kappa shape index (κ2) is 7.45. The number of rotatable bonds is 6. The maximum atomic E-state index is 12.6. The molecule has 0 atom stereocenters. The van der Waals surface area contributed by atoms with E-state index in [2.05, 4.69) is 5.32 Å². The first kappa shape index (κ1) is 17.9. The molecule has 6 heteroatoms. The lowest BCUT2D eigenvalue weighted by Gasteiger charge is -2.18. The normalized spacial score (nSPS) is 16.0. The van der Waals surface area contributed by atoms with E-state index in [0.717, 1.165) is 31.2 Å². The van der Waals surface area contributed by atoms with Gasteiger partial charge in [-0.05, 0) is 50.3 Å². The Labute approximate surface area is 139 Å². The Hall–Kier alpha value is -1.40. The van der Waals surface area contributed by atoms with Gasteiger partial charge in [0.1, 0.15) is 0 Å². The zero-order chi connectivity index (χ0) is 17.0. The van der Waals surface area contributed by atoms with E-state index in [4.69, 9.17) is 0 Å². The number of hydrogen-bond acceptors (Lipinski definition) is 3. The third-order valence-electron chi connectivity index (χ3n) is 4.48. The van der Waals surface area contributed by atoms with E-state index in [9.17, 15) is 13.2 Å². The van der Waals surface area contributed by atoms with Crippen molar-refractivity contribution in [1.29, 1.82) is 0 Å². The molecule has 1 heterocycles. The van der Waals surface area contributed by atoms with E-state index in [1.54, 1.807) is 12.1 Å². The second-order valence-corrected chi connectivity index (χ2v) is 8.01. The number of sulfonamides is 1. The van der Waals surface area contributed by atoms with Crippen LogP contribution in [0.2, 0.25) is 0 Å². The third kappa shape index (κ3) is 3.93. The highest BCUT2D eigenvalue weighted by molar-refractivity contribution is 7.89. The largest absolute Gasteiger partial charge is 0.349 e. The summed E-state index contributed by atoms with van der Waals surface area (Å²) in [4.78, 5) is 12.7. The van der Waals surface area contributed by atoms with Crippen molar-refractivity contribution in [2.75, 3.05) is 13.1 Å². The van der Waals surface area contributed by atoms with Gasteiger partial charge in [0.05, 0.1) is 4.90 Å². The zero-order valence-electron chi connectivity index (χ0n) is 14.1. The van der Waals surface area contributed by atoms with Crippen LogP contribution >= 0.6 is 0 Å². The Kier molecular flexibility index (Phi) is 5.81. The van der Waals surface area contributed by atoms with Crippen LogP contribution in [0.5, 0.6) is 0 Å². The molecule has 5 nitrogen and oxygen atoms in total. The number of hydrogen-bond donors (Lipinski definition) is 1. The summed E-state index contributed by atoms with van der Waals surface area (Å²) >= 11 is 0. The van der Waals surface area contributed by atoms with Crippen LogP contribution in [0, 0.1) is 6.92 Å². The van der Waals surface area contributed by atoms with Crippen LogP contribution in [0.25, 0.3) is 0 Å². The lowest BCUT2D eigenvalue weighted by molar-refractivity contribution is 0.0934. The molecule has 0 radical (unpaired) electrons. The number of aryl methyl sites for hydroxylation is 1. The van der Waals surface area contributed by atoms with Crippen molar-refractivity contribution >= 4 is 15.9 Å². The molecule has 1 aliphatic heterocycles. The average Bonchev–Trinajstić information content (AvgIpc) is 3.07. The van der Waals surface area contributed by atoms with E-state index in [0.29, 0.717) is 18.7 Å². The van der Waals surface area contributed by atoms with Gasteiger partial charge in [0.25, 0.3) is 5.91 Å². The lowest BCUT2D eigenvalue weighted by atomic mass is 10.1. The van der Waals surface area contributed by atoms with Gasteiger partial charge in [-0.25, -0.2) is 8.42 Å². The molecule has 1 aliphatic rings. The fourth-order valence-corrected chi connectivity index (χ4v) is 4.38. The van der Waals surface area contributed by atoms with Crippen molar-refractivity contribution in [2.45, 2.75) is 57.4 Å². The Morgan fingerprint density at radius 1 is 1.22 bits per heavy atom. The minimum absolute atomic E-state index is 0.112. The molecule has 0 bridgehead atoms. The summed E-state index contributed by atoms with van der Waals surface area (Å²) in [5, 5.41) is 2.97. The topological polar surface area (TPSA) is 66.5 Å². The first-order valence-corrected chi connectivity index (χ1v) is 9.75. The van der Waals surface area contributed by atoms with Gasteiger partial charge >= 0.3 is 0 Å². The highest BCUT2D eigenvalue weighted by Gasteiger charge is 2.28. The highest BCUT2D eigenvalue weighted by atomic mass is 32.2. The summed E-state index contributed by atoms with van der Waals surface area (Å²) in [6.45, 7) is 7.00. The van der Waals surface area contributed by atoms with E-state index in [1.807, 2.05) is 20.8 Å². The Morgan fingerprint density at radius 2 is 1.83 bits per heavy atom. The summed E-state index contributed by atoms with van der Waals surface area (Å²) in [7, 11) is -3.50. The minimum atomic E-state index is -3.50. The molecule has 0 aliphatic carbocycles. The van der Waals surface area contributed by atoms with Gasteiger partial charge in [-0.2, -0.15) is 4.31 Å². The highest BCUT2D eigenvalue weighted by Crippen LogP contribution is 2.23. The Bertz CT molecular complexity index is 660. The van der Waals surface area contributed by atoms with Crippen LogP contribution in [0.3, 0.4) is 0 Å². The average molecular weight is 338 g/mol. The fraction of sp³-hybridized carbons (Fsp3) is 0.588. The van der Waals surface area contributed by atoms with Gasteiger partial charge < -0.3 is 5.32 Å². The number of nitrogens with zero attached hydrogens (tertiary/aromatic N) is 1. The first-order valence-electron chi connectivity index (χ1n) is 8.31. The summed E-state index contributed by atoms with van der Waals surface area (Å²) in [6, 6.07) is 4.93. The van der Waals surface area contributed by atoms with E-state index < -0.39 is 10.0 Å². The molecule has 1 saturated heterocycles.